The van der Waals surface area contributed by atoms with Gasteiger partial charge in [0.1, 0.15) is 23.9 Å². The molecule has 4 aromatic rings. The van der Waals surface area contributed by atoms with Crippen LogP contribution < -0.4 is 19.7 Å². The Morgan fingerprint density at radius 3 is 2.29 bits per heavy atom. The van der Waals surface area contributed by atoms with Gasteiger partial charge in [-0.25, -0.2) is 9.78 Å². The Bertz CT molecular complexity index is 1320. The van der Waals surface area contributed by atoms with Crippen LogP contribution in [-0.4, -0.2) is 48.2 Å². The molecule has 8 heteroatoms. The second-order valence-corrected chi connectivity index (χ2v) is 9.20. The molecule has 0 bridgehead atoms. The number of anilines is 3. The van der Waals surface area contributed by atoms with E-state index in [4.69, 9.17) is 9.47 Å². The van der Waals surface area contributed by atoms with Crippen LogP contribution in [0.25, 0.3) is 0 Å². The van der Waals surface area contributed by atoms with Gasteiger partial charge < -0.3 is 19.7 Å². The maximum Gasteiger partial charge on any atom is 0.421 e. The lowest BCUT2D eigenvalue weighted by molar-refractivity contribution is 0.206. The van der Waals surface area contributed by atoms with Gasteiger partial charge in [-0.2, -0.15) is 4.98 Å². The first-order valence-corrected chi connectivity index (χ1v) is 12.5. The molecule has 0 aliphatic heterocycles. The molecular formula is C30H33N5O3. The molecule has 0 aliphatic rings. The summed E-state index contributed by atoms with van der Waals surface area (Å²) < 4.78 is 11.6. The van der Waals surface area contributed by atoms with Crippen LogP contribution in [0.2, 0.25) is 0 Å². The van der Waals surface area contributed by atoms with Gasteiger partial charge in [0.2, 0.25) is 5.95 Å². The predicted molar refractivity (Wildman–Crippen MR) is 150 cm³/mol. The summed E-state index contributed by atoms with van der Waals surface area (Å²) in [6, 6.07) is 24.8. The van der Waals surface area contributed by atoms with Gasteiger partial charge in [0.05, 0.1) is 6.54 Å². The fourth-order valence-electron chi connectivity index (χ4n) is 3.78. The van der Waals surface area contributed by atoms with Crippen LogP contribution in [0.3, 0.4) is 0 Å². The maximum atomic E-state index is 13.5. The number of aromatic nitrogens is 2. The van der Waals surface area contributed by atoms with Crippen molar-refractivity contribution < 1.29 is 14.3 Å². The molecular weight excluding hydrogens is 478 g/mol. The number of nitrogens with one attached hydrogen (secondary N) is 1. The molecule has 0 saturated heterocycles. The van der Waals surface area contributed by atoms with Crippen LogP contribution in [-0.2, 0) is 6.54 Å². The van der Waals surface area contributed by atoms with Gasteiger partial charge in [0.15, 0.2) is 0 Å². The average Bonchev–Trinajstić information content (AvgIpc) is 2.91. The van der Waals surface area contributed by atoms with Crippen molar-refractivity contribution in [1.82, 2.24) is 14.9 Å². The Balaban J connectivity index is 1.53. The number of hydrogen-bond acceptors (Lipinski definition) is 7. The first kappa shape index (κ1) is 26.6. The molecule has 0 atom stereocenters. The van der Waals surface area contributed by atoms with Crippen LogP contribution >= 0.6 is 0 Å². The predicted octanol–water partition coefficient (Wildman–Crippen LogP) is 5.98. The number of likely N-dealkylation sites (N-methyl/N-ethyl adjacent to an activating group) is 1. The van der Waals surface area contributed by atoms with Crippen LogP contribution in [0.1, 0.15) is 16.7 Å². The molecule has 38 heavy (non-hydrogen) atoms. The molecule has 0 unspecified atom stereocenters. The highest BCUT2D eigenvalue weighted by atomic mass is 16.6. The van der Waals surface area contributed by atoms with E-state index >= 15 is 0 Å². The molecule has 8 nitrogen and oxygen atoms in total. The molecule has 3 aromatic carbocycles. The van der Waals surface area contributed by atoms with Crippen molar-refractivity contribution in [2.75, 3.05) is 37.5 Å². The minimum atomic E-state index is -0.518. The third kappa shape index (κ3) is 7.30. The monoisotopic (exact) mass is 511 g/mol. The number of aryl methyl sites for hydroxylation is 2. The molecule has 0 saturated carbocycles. The zero-order chi connectivity index (χ0) is 26.9. The van der Waals surface area contributed by atoms with Gasteiger partial charge in [-0.05, 0) is 75.0 Å². The molecule has 0 fully saturated rings. The van der Waals surface area contributed by atoms with Crippen molar-refractivity contribution in [3.63, 3.8) is 0 Å². The summed E-state index contributed by atoms with van der Waals surface area (Å²) in [7, 11) is 4.02. The standard InChI is InChI=1S/C30H33N5O3/c1-22-9-8-10-23(2)28(22)38-30(36)35(21-24-11-6-5-7-12-24)27-17-18-31-29(33-27)32-25-13-15-26(16-14-25)37-20-19-34(3)4/h5-18H,19-21H2,1-4H3,(H,31,32,33). The van der Waals surface area contributed by atoms with E-state index in [1.807, 2.05) is 101 Å². The molecule has 0 spiro atoms. The van der Waals surface area contributed by atoms with Gasteiger partial charge >= 0.3 is 6.09 Å². The summed E-state index contributed by atoms with van der Waals surface area (Å²) >= 11 is 0. The number of rotatable bonds is 10. The zero-order valence-electron chi connectivity index (χ0n) is 22.2. The lowest BCUT2D eigenvalue weighted by atomic mass is 10.1. The number of amides is 1. The van der Waals surface area contributed by atoms with Crippen molar-refractivity contribution in [3.05, 3.63) is 102 Å². The molecule has 1 heterocycles. The number of benzene rings is 3. The number of carbonyl (C=O) groups excluding carboxylic acids is 1. The average molecular weight is 512 g/mol. The Morgan fingerprint density at radius 1 is 0.895 bits per heavy atom. The summed E-state index contributed by atoms with van der Waals surface area (Å²) in [4.78, 5) is 26.0. The van der Waals surface area contributed by atoms with Gasteiger partial charge in [-0.3, -0.25) is 4.90 Å². The Labute approximate surface area is 223 Å². The lowest BCUT2D eigenvalue weighted by Crippen LogP contribution is -2.34. The minimum Gasteiger partial charge on any atom is -0.492 e. The van der Waals surface area contributed by atoms with E-state index in [1.54, 1.807) is 12.3 Å². The van der Waals surface area contributed by atoms with Crippen molar-refractivity contribution in [3.8, 4) is 11.5 Å². The summed E-state index contributed by atoms with van der Waals surface area (Å²) in [5, 5.41) is 3.21. The zero-order valence-corrected chi connectivity index (χ0v) is 22.2. The van der Waals surface area contributed by atoms with E-state index in [-0.39, 0.29) is 0 Å². The van der Waals surface area contributed by atoms with E-state index < -0.39 is 6.09 Å². The lowest BCUT2D eigenvalue weighted by Gasteiger charge is -2.22. The Morgan fingerprint density at radius 2 is 1.61 bits per heavy atom. The number of nitrogens with zero attached hydrogens (tertiary/aromatic N) is 4. The molecule has 4 rings (SSSR count). The first-order chi connectivity index (χ1) is 18.4. The topological polar surface area (TPSA) is 79.8 Å². The molecule has 0 aliphatic carbocycles. The van der Waals surface area contributed by atoms with E-state index in [0.29, 0.717) is 30.7 Å². The van der Waals surface area contributed by atoms with Crippen LogP contribution in [0, 0.1) is 13.8 Å². The maximum absolute atomic E-state index is 13.5. The van der Waals surface area contributed by atoms with E-state index in [1.165, 1.54) is 4.90 Å². The second kappa shape index (κ2) is 12.7. The van der Waals surface area contributed by atoms with Crippen molar-refractivity contribution in [2.45, 2.75) is 20.4 Å². The summed E-state index contributed by atoms with van der Waals surface area (Å²) in [5.74, 6) is 2.12. The summed E-state index contributed by atoms with van der Waals surface area (Å²) in [6.45, 7) is 5.58. The van der Waals surface area contributed by atoms with Crippen molar-refractivity contribution in [1.29, 1.82) is 0 Å². The Kier molecular flexibility index (Phi) is 8.89. The third-order valence-electron chi connectivity index (χ3n) is 5.84. The molecule has 0 radical (unpaired) electrons. The molecule has 196 valence electrons. The van der Waals surface area contributed by atoms with Gasteiger partial charge in [0.25, 0.3) is 0 Å². The third-order valence-corrected chi connectivity index (χ3v) is 5.84. The minimum absolute atomic E-state index is 0.292. The molecule has 1 aromatic heterocycles. The molecule has 1 amide bonds. The highest BCUT2D eigenvalue weighted by Crippen LogP contribution is 2.26. The van der Waals surface area contributed by atoms with Crippen LogP contribution in [0.15, 0.2) is 85.1 Å². The first-order valence-electron chi connectivity index (χ1n) is 12.5. The number of ether oxygens (including phenoxy) is 2. The quantitative estimate of drug-likeness (QED) is 0.280. The summed E-state index contributed by atoms with van der Waals surface area (Å²) in [5.41, 5.74) is 3.52. The largest absolute Gasteiger partial charge is 0.492 e. The van der Waals surface area contributed by atoms with E-state index in [9.17, 15) is 4.79 Å². The summed E-state index contributed by atoms with van der Waals surface area (Å²) in [6.07, 6.45) is 1.10. The SMILES string of the molecule is Cc1cccc(C)c1OC(=O)N(Cc1ccccc1)c1ccnc(Nc2ccc(OCCN(C)C)cc2)n1. The van der Waals surface area contributed by atoms with E-state index in [0.717, 1.165) is 34.7 Å². The van der Waals surface area contributed by atoms with Crippen LogP contribution in [0.5, 0.6) is 11.5 Å². The van der Waals surface area contributed by atoms with Crippen LogP contribution in [0.4, 0.5) is 22.2 Å². The van der Waals surface area contributed by atoms with Crippen molar-refractivity contribution >= 4 is 23.5 Å². The number of hydrogen-bond donors (Lipinski definition) is 1. The van der Waals surface area contributed by atoms with Crippen molar-refractivity contribution in [2.24, 2.45) is 0 Å². The fourth-order valence-corrected chi connectivity index (χ4v) is 3.78. The van der Waals surface area contributed by atoms with E-state index in [2.05, 4.69) is 20.2 Å². The normalized spacial score (nSPS) is 10.8. The second-order valence-electron chi connectivity index (χ2n) is 9.20. The Hall–Kier alpha value is -4.43. The molecule has 1 N–H and O–H groups in total. The number of carbonyl (C=O) groups is 1. The fraction of sp³-hybridized carbons (Fsp3) is 0.233. The van der Waals surface area contributed by atoms with Gasteiger partial charge in [-0.1, -0.05) is 48.5 Å². The van der Waals surface area contributed by atoms with Gasteiger partial charge in [0, 0.05) is 18.4 Å². The number of para-hydroxylation sites is 1. The highest BCUT2D eigenvalue weighted by molar-refractivity contribution is 5.88. The highest BCUT2D eigenvalue weighted by Gasteiger charge is 2.22. The smallest absolute Gasteiger partial charge is 0.421 e. The van der Waals surface area contributed by atoms with Gasteiger partial charge in [-0.15, -0.1) is 0 Å².